The summed E-state index contributed by atoms with van der Waals surface area (Å²) in [5.41, 5.74) is 8.37. The van der Waals surface area contributed by atoms with Crippen LogP contribution in [0.4, 0.5) is 0 Å². The summed E-state index contributed by atoms with van der Waals surface area (Å²) in [4.78, 5) is 34.4. The van der Waals surface area contributed by atoms with Crippen LogP contribution in [0.15, 0.2) is 146 Å². The molecular weight excluding hydrogens is 629 g/mol. The Bertz CT molecular complexity index is 2790. The van der Waals surface area contributed by atoms with E-state index in [2.05, 4.69) is 60.9 Å². The summed E-state index contributed by atoms with van der Waals surface area (Å²) in [6.07, 6.45) is 0. The minimum atomic E-state index is -0.588. The van der Waals surface area contributed by atoms with Gasteiger partial charge in [-0.2, -0.15) is 0 Å². The lowest BCUT2D eigenvalue weighted by molar-refractivity contribution is 0.0948. The third kappa shape index (κ3) is 4.34. The van der Waals surface area contributed by atoms with Crippen molar-refractivity contribution in [1.82, 2.24) is 29.1 Å². The van der Waals surface area contributed by atoms with E-state index >= 15 is 0 Å². The summed E-state index contributed by atoms with van der Waals surface area (Å²) in [5, 5.41) is 2.19. The van der Waals surface area contributed by atoms with E-state index in [0.29, 0.717) is 23.0 Å². The SMILES string of the molecule is CC1(C)c2c(ccc3c4ccccc4n(-c4cccc(-c5nc(-c6ccccc6)nc(-c6ccccc6)n5)c4)c23)C(=O)n2c1nc1ccccc12. The van der Waals surface area contributed by atoms with Gasteiger partial charge in [-0.05, 0) is 50.2 Å². The lowest BCUT2D eigenvalue weighted by atomic mass is 9.77. The third-order valence-corrected chi connectivity index (χ3v) is 10.1. The molecule has 51 heavy (non-hydrogen) atoms. The summed E-state index contributed by atoms with van der Waals surface area (Å²) in [7, 11) is 0. The van der Waals surface area contributed by atoms with E-state index < -0.39 is 5.41 Å². The Labute approximate surface area is 293 Å². The van der Waals surface area contributed by atoms with Crippen LogP contribution in [0.1, 0.15) is 35.6 Å². The van der Waals surface area contributed by atoms with E-state index in [1.165, 1.54) is 0 Å². The number of imidazole rings is 1. The van der Waals surface area contributed by atoms with E-state index in [-0.39, 0.29) is 5.91 Å². The van der Waals surface area contributed by atoms with Gasteiger partial charge in [0, 0.05) is 44.3 Å². The zero-order valence-corrected chi connectivity index (χ0v) is 27.9. The molecule has 0 saturated heterocycles. The zero-order valence-electron chi connectivity index (χ0n) is 27.9. The van der Waals surface area contributed by atoms with Crippen molar-refractivity contribution in [3.8, 4) is 39.9 Å². The molecule has 6 aromatic carbocycles. The average molecular weight is 659 g/mol. The number of carbonyl (C=O) groups excluding carboxylic acids is 1. The minimum absolute atomic E-state index is 0.0625. The van der Waals surface area contributed by atoms with E-state index in [9.17, 15) is 4.79 Å². The number of aromatic nitrogens is 6. The van der Waals surface area contributed by atoms with Gasteiger partial charge < -0.3 is 4.57 Å². The molecule has 0 atom stereocenters. The highest BCUT2D eigenvalue weighted by Gasteiger charge is 2.42. The average Bonchev–Trinajstić information content (AvgIpc) is 3.75. The van der Waals surface area contributed by atoms with E-state index in [0.717, 1.165) is 66.6 Å². The first-order valence-corrected chi connectivity index (χ1v) is 17.0. The van der Waals surface area contributed by atoms with Crippen molar-refractivity contribution in [2.45, 2.75) is 19.3 Å². The Kier molecular flexibility index (Phi) is 6.24. The van der Waals surface area contributed by atoms with Crippen LogP contribution in [-0.4, -0.2) is 35.0 Å². The molecule has 10 rings (SSSR count). The highest BCUT2D eigenvalue weighted by atomic mass is 16.2. The number of carbonyl (C=O) groups is 1. The van der Waals surface area contributed by atoms with Crippen LogP contribution in [-0.2, 0) is 5.41 Å². The van der Waals surface area contributed by atoms with Crippen molar-refractivity contribution in [1.29, 1.82) is 0 Å². The maximum absolute atomic E-state index is 14.4. The molecule has 7 heteroatoms. The van der Waals surface area contributed by atoms with Crippen LogP contribution in [0.3, 0.4) is 0 Å². The molecule has 0 unspecified atom stereocenters. The molecule has 1 aliphatic rings. The predicted octanol–water partition coefficient (Wildman–Crippen LogP) is 9.65. The number of fused-ring (bicyclic) bond motifs is 8. The molecule has 0 radical (unpaired) electrons. The molecule has 7 nitrogen and oxygen atoms in total. The van der Waals surface area contributed by atoms with Gasteiger partial charge in [0.1, 0.15) is 5.82 Å². The van der Waals surface area contributed by atoms with Crippen LogP contribution >= 0.6 is 0 Å². The third-order valence-electron chi connectivity index (χ3n) is 10.1. The first kappa shape index (κ1) is 29.2. The number of para-hydroxylation sites is 3. The molecule has 0 fully saturated rings. The molecule has 0 saturated carbocycles. The number of rotatable bonds is 4. The van der Waals surface area contributed by atoms with E-state index in [1.54, 1.807) is 4.57 Å². The standard InChI is InChI=1S/C44H30N6O/c1-44(2)37-33(42(51)50-36-23-12-10-21-34(36)45-43(44)50)25-24-32-31-20-9-11-22-35(31)49(38(32)37)30-19-13-18-29(26-30)41-47-39(27-14-5-3-6-15-27)46-40(48-41)28-16-7-4-8-17-28/h3-26H,1-2H3. The highest BCUT2D eigenvalue weighted by Crippen LogP contribution is 2.46. The van der Waals surface area contributed by atoms with Crippen LogP contribution in [0.5, 0.6) is 0 Å². The molecule has 1 aliphatic heterocycles. The Morgan fingerprint density at radius 2 is 1.10 bits per heavy atom. The molecule has 9 aromatic rings. The van der Waals surface area contributed by atoms with Crippen molar-refractivity contribution >= 4 is 38.7 Å². The molecule has 0 bridgehead atoms. The molecular formula is C44H30N6O. The summed E-state index contributed by atoms with van der Waals surface area (Å²) < 4.78 is 4.09. The smallest absolute Gasteiger partial charge is 0.264 e. The van der Waals surface area contributed by atoms with Gasteiger partial charge in [-0.15, -0.1) is 0 Å². The summed E-state index contributed by atoms with van der Waals surface area (Å²) in [6.45, 7) is 4.35. The first-order chi connectivity index (χ1) is 25.0. The van der Waals surface area contributed by atoms with Crippen LogP contribution in [0.2, 0.25) is 0 Å². The van der Waals surface area contributed by atoms with Crippen molar-refractivity contribution in [3.63, 3.8) is 0 Å². The largest absolute Gasteiger partial charge is 0.309 e. The van der Waals surface area contributed by atoms with Gasteiger partial charge in [-0.1, -0.05) is 109 Å². The fourth-order valence-corrected chi connectivity index (χ4v) is 7.74. The fourth-order valence-electron chi connectivity index (χ4n) is 7.74. The van der Waals surface area contributed by atoms with Crippen molar-refractivity contribution in [2.24, 2.45) is 0 Å². The zero-order chi connectivity index (χ0) is 34.3. The fraction of sp³-hybridized carbons (Fsp3) is 0.0682. The van der Waals surface area contributed by atoms with Gasteiger partial charge in [0.05, 0.1) is 27.5 Å². The molecule has 0 N–H and O–H groups in total. The second kappa shape index (κ2) is 10.9. The van der Waals surface area contributed by atoms with Crippen LogP contribution in [0.25, 0.3) is 72.7 Å². The number of hydrogen-bond donors (Lipinski definition) is 0. The summed E-state index contributed by atoms with van der Waals surface area (Å²) >= 11 is 0. The summed E-state index contributed by atoms with van der Waals surface area (Å²) in [5.74, 6) is 2.48. The van der Waals surface area contributed by atoms with Gasteiger partial charge >= 0.3 is 0 Å². The quantitative estimate of drug-likeness (QED) is 0.188. The Morgan fingerprint density at radius 3 is 1.80 bits per heavy atom. The lowest BCUT2D eigenvalue weighted by Gasteiger charge is -2.33. The van der Waals surface area contributed by atoms with Gasteiger partial charge in [-0.25, -0.2) is 19.9 Å². The number of benzene rings is 6. The van der Waals surface area contributed by atoms with Gasteiger partial charge in [0.2, 0.25) is 0 Å². The number of hydrogen-bond acceptors (Lipinski definition) is 5. The van der Waals surface area contributed by atoms with E-state index in [4.69, 9.17) is 19.9 Å². The maximum Gasteiger partial charge on any atom is 0.264 e. The molecule has 0 aliphatic carbocycles. The van der Waals surface area contributed by atoms with E-state index in [1.807, 2.05) is 103 Å². The summed E-state index contributed by atoms with van der Waals surface area (Å²) in [6, 6.07) is 48.7. The van der Waals surface area contributed by atoms with Gasteiger partial charge in [0.15, 0.2) is 17.5 Å². The molecule has 0 amide bonds. The highest BCUT2D eigenvalue weighted by molar-refractivity contribution is 6.15. The Morgan fingerprint density at radius 1 is 0.510 bits per heavy atom. The van der Waals surface area contributed by atoms with Crippen molar-refractivity contribution in [2.75, 3.05) is 0 Å². The van der Waals surface area contributed by atoms with Crippen LogP contribution < -0.4 is 0 Å². The van der Waals surface area contributed by atoms with Gasteiger partial charge in [-0.3, -0.25) is 9.36 Å². The molecule has 3 aromatic heterocycles. The second-order valence-electron chi connectivity index (χ2n) is 13.5. The van der Waals surface area contributed by atoms with Gasteiger partial charge in [0.25, 0.3) is 5.91 Å². The Balaban J connectivity index is 1.22. The monoisotopic (exact) mass is 658 g/mol. The van der Waals surface area contributed by atoms with Crippen molar-refractivity contribution in [3.05, 3.63) is 163 Å². The maximum atomic E-state index is 14.4. The number of nitrogens with zero attached hydrogens (tertiary/aromatic N) is 6. The lowest BCUT2D eigenvalue weighted by Crippen LogP contribution is -2.35. The normalized spacial score (nSPS) is 13.5. The van der Waals surface area contributed by atoms with Crippen LogP contribution in [0, 0.1) is 0 Å². The molecule has 4 heterocycles. The topological polar surface area (TPSA) is 78.5 Å². The van der Waals surface area contributed by atoms with Crippen molar-refractivity contribution < 1.29 is 4.79 Å². The molecule has 0 spiro atoms. The molecule has 242 valence electrons. The predicted molar refractivity (Wildman–Crippen MR) is 202 cm³/mol. The minimum Gasteiger partial charge on any atom is -0.309 e. The second-order valence-corrected chi connectivity index (χ2v) is 13.5. The Hall–Kier alpha value is -6.73. The first-order valence-electron chi connectivity index (χ1n) is 17.0.